The Balaban J connectivity index is 1.82. The lowest BCUT2D eigenvalue weighted by molar-refractivity contribution is -0.121. The molecular formula is C17H21NO3. The second-order valence-electron chi connectivity index (χ2n) is 4.87. The molecule has 0 aliphatic heterocycles. The molecule has 2 rings (SSSR count). The zero-order valence-corrected chi connectivity index (χ0v) is 12.5. The fourth-order valence-corrected chi connectivity index (χ4v) is 2.11. The Bertz CT molecular complexity index is 546. The SMILES string of the molecule is CCOc1ccc(C(C)NC(=O)CCc2ccco2)cc1. The number of nitrogens with one attached hydrogen (secondary N) is 1. The van der Waals surface area contributed by atoms with E-state index in [2.05, 4.69) is 5.32 Å². The lowest BCUT2D eigenvalue weighted by atomic mass is 10.1. The van der Waals surface area contributed by atoms with Gasteiger partial charge >= 0.3 is 0 Å². The maximum Gasteiger partial charge on any atom is 0.220 e. The van der Waals surface area contributed by atoms with Gasteiger partial charge in [0.05, 0.1) is 18.9 Å². The predicted octanol–water partition coefficient (Wildman–Crippen LogP) is 3.49. The summed E-state index contributed by atoms with van der Waals surface area (Å²) < 4.78 is 10.6. The molecule has 1 aromatic heterocycles. The van der Waals surface area contributed by atoms with Crippen molar-refractivity contribution in [2.75, 3.05) is 6.61 Å². The van der Waals surface area contributed by atoms with E-state index in [0.717, 1.165) is 17.1 Å². The molecule has 0 spiro atoms. The third-order valence-corrected chi connectivity index (χ3v) is 3.25. The van der Waals surface area contributed by atoms with Gasteiger partial charge in [0, 0.05) is 12.8 Å². The van der Waals surface area contributed by atoms with Crippen LogP contribution in [-0.2, 0) is 11.2 Å². The van der Waals surface area contributed by atoms with Gasteiger partial charge in [0.1, 0.15) is 11.5 Å². The minimum Gasteiger partial charge on any atom is -0.494 e. The molecule has 2 aromatic rings. The maximum atomic E-state index is 11.9. The van der Waals surface area contributed by atoms with Crippen LogP contribution >= 0.6 is 0 Å². The number of benzene rings is 1. The highest BCUT2D eigenvalue weighted by molar-refractivity contribution is 5.76. The third-order valence-electron chi connectivity index (χ3n) is 3.25. The standard InChI is InChI=1S/C17H21NO3/c1-3-20-16-8-6-14(7-9-16)13(2)18-17(19)11-10-15-5-4-12-21-15/h4-9,12-13H,3,10-11H2,1-2H3,(H,18,19). The van der Waals surface area contributed by atoms with Gasteiger partial charge in [-0.1, -0.05) is 12.1 Å². The van der Waals surface area contributed by atoms with E-state index in [4.69, 9.17) is 9.15 Å². The van der Waals surface area contributed by atoms with Gasteiger partial charge in [0.2, 0.25) is 5.91 Å². The highest BCUT2D eigenvalue weighted by atomic mass is 16.5. The molecule has 0 saturated heterocycles. The molecule has 112 valence electrons. The Kier molecular flexibility index (Phi) is 5.43. The fourth-order valence-electron chi connectivity index (χ4n) is 2.11. The Morgan fingerprint density at radius 1 is 1.29 bits per heavy atom. The molecule has 1 atom stereocenters. The summed E-state index contributed by atoms with van der Waals surface area (Å²) in [6.07, 6.45) is 2.67. The summed E-state index contributed by atoms with van der Waals surface area (Å²) in [5, 5.41) is 2.99. The third kappa shape index (κ3) is 4.67. The molecule has 0 radical (unpaired) electrons. The van der Waals surface area contributed by atoms with Crippen molar-refractivity contribution in [2.24, 2.45) is 0 Å². The summed E-state index contributed by atoms with van der Waals surface area (Å²) in [5.74, 6) is 1.70. The molecule has 0 bridgehead atoms. The molecule has 0 fully saturated rings. The van der Waals surface area contributed by atoms with Gasteiger partial charge in [-0.05, 0) is 43.7 Å². The van der Waals surface area contributed by atoms with Gasteiger partial charge in [0.15, 0.2) is 0 Å². The summed E-state index contributed by atoms with van der Waals surface area (Å²) in [6.45, 7) is 4.58. The first-order valence-corrected chi connectivity index (χ1v) is 7.23. The van der Waals surface area contributed by atoms with Crippen LogP contribution in [0.2, 0.25) is 0 Å². The molecule has 0 aliphatic carbocycles. The van der Waals surface area contributed by atoms with E-state index >= 15 is 0 Å². The smallest absolute Gasteiger partial charge is 0.220 e. The van der Waals surface area contributed by atoms with Gasteiger partial charge in [-0.15, -0.1) is 0 Å². The van der Waals surface area contributed by atoms with E-state index in [1.54, 1.807) is 6.26 Å². The van der Waals surface area contributed by atoms with Crippen molar-refractivity contribution < 1.29 is 13.9 Å². The molecule has 0 saturated carbocycles. The zero-order valence-electron chi connectivity index (χ0n) is 12.5. The van der Waals surface area contributed by atoms with E-state index in [-0.39, 0.29) is 11.9 Å². The minimum atomic E-state index is -0.0234. The zero-order chi connectivity index (χ0) is 15.1. The number of rotatable bonds is 7. The lowest BCUT2D eigenvalue weighted by Gasteiger charge is -2.14. The van der Waals surface area contributed by atoms with Crippen LogP contribution in [0.5, 0.6) is 5.75 Å². The van der Waals surface area contributed by atoms with Crippen LogP contribution in [0.4, 0.5) is 0 Å². The molecular weight excluding hydrogens is 266 g/mol. The van der Waals surface area contributed by atoms with E-state index in [0.29, 0.717) is 19.4 Å². The van der Waals surface area contributed by atoms with E-state index in [1.165, 1.54) is 0 Å². The molecule has 1 unspecified atom stereocenters. The molecule has 4 heteroatoms. The highest BCUT2D eigenvalue weighted by Crippen LogP contribution is 2.17. The number of hydrogen-bond donors (Lipinski definition) is 1. The monoisotopic (exact) mass is 287 g/mol. The quantitative estimate of drug-likeness (QED) is 0.848. The molecule has 0 aliphatic rings. The van der Waals surface area contributed by atoms with Crippen molar-refractivity contribution in [1.82, 2.24) is 5.32 Å². The largest absolute Gasteiger partial charge is 0.494 e. The van der Waals surface area contributed by atoms with Crippen molar-refractivity contribution in [2.45, 2.75) is 32.7 Å². The lowest BCUT2D eigenvalue weighted by Crippen LogP contribution is -2.26. The molecule has 1 amide bonds. The molecule has 4 nitrogen and oxygen atoms in total. The first-order valence-electron chi connectivity index (χ1n) is 7.23. The van der Waals surface area contributed by atoms with Gasteiger partial charge in [-0.2, -0.15) is 0 Å². The summed E-state index contributed by atoms with van der Waals surface area (Å²) in [6, 6.07) is 11.5. The number of aryl methyl sites for hydroxylation is 1. The van der Waals surface area contributed by atoms with Crippen LogP contribution in [0.1, 0.15) is 37.6 Å². The Morgan fingerprint density at radius 3 is 2.67 bits per heavy atom. The topological polar surface area (TPSA) is 51.5 Å². The normalized spacial score (nSPS) is 11.9. The summed E-state index contributed by atoms with van der Waals surface area (Å²) in [7, 11) is 0. The Hall–Kier alpha value is -2.23. The van der Waals surface area contributed by atoms with E-state index < -0.39 is 0 Å². The number of ether oxygens (including phenoxy) is 1. The molecule has 1 heterocycles. The van der Waals surface area contributed by atoms with Crippen molar-refractivity contribution in [3.8, 4) is 5.75 Å². The van der Waals surface area contributed by atoms with E-state index in [9.17, 15) is 4.79 Å². The van der Waals surface area contributed by atoms with Crippen molar-refractivity contribution >= 4 is 5.91 Å². The molecule has 1 N–H and O–H groups in total. The Labute approximate surface area is 125 Å². The van der Waals surface area contributed by atoms with Gasteiger partial charge < -0.3 is 14.5 Å². The van der Waals surface area contributed by atoms with Crippen LogP contribution in [0, 0.1) is 0 Å². The van der Waals surface area contributed by atoms with Crippen molar-refractivity contribution in [1.29, 1.82) is 0 Å². The minimum absolute atomic E-state index is 0.0211. The van der Waals surface area contributed by atoms with Crippen LogP contribution in [0.15, 0.2) is 47.1 Å². The van der Waals surface area contributed by atoms with Crippen LogP contribution < -0.4 is 10.1 Å². The van der Waals surface area contributed by atoms with Crippen LogP contribution in [-0.4, -0.2) is 12.5 Å². The summed E-state index contributed by atoms with van der Waals surface area (Å²) in [4.78, 5) is 11.9. The van der Waals surface area contributed by atoms with Gasteiger partial charge in [-0.25, -0.2) is 0 Å². The fraction of sp³-hybridized carbons (Fsp3) is 0.353. The van der Waals surface area contributed by atoms with Crippen molar-refractivity contribution in [3.05, 3.63) is 54.0 Å². The first-order chi connectivity index (χ1) is 10.2. The first kappa shape index (κ1) is 15.2. The van der Waals surface area contributed by atoms with Gasteiger partial charge in [0.25, 0.3) is 0 Å². The number of furan rings is 1. The average Bonchev–Trinajstić information content (AvgIpc) is 2.99. The van der Waals surface area contributed by atoms with Crippen molar-refractivity contribution in [3.63, 3.8) is 0 Å². The van der Waals surface area contributed by atoms with Gasteiger partial charge in [-0.3, -0.25) is 4.79 Å². The second-order valence-corrected chi connectivity index (χ2v) is 4.87. The summed E-state index contributed by atoms with van der Waals surface area (Å²) >= 11 is 0. The number of amides is 1. The Morgan fingerprint density at radius 2 is 2.05 bits per heavy atom. The van der Waals surface area contributed by atoms with Crippen LogP contribution in [0.25, 0.3) is 0 Å². The van der Waals surface area contributed by atoms with Crippen LogP contribution in [0.3, 0.4) is 0 Å². The van der Waals surface area contributed by atoms with E-state index in [1.807, 2.05) is 50.2 Å². The highest BCUT2D eigenvalue weighted by Gasteiger charge is 2.10. The number of hydrogen-bond acceptors (Lipinski definition) is 3. The molecule has 21 heavy (non-hydrogen) atoms. The number of carbonyl (C=O) groups is 1. The second kappa shape index (κ2) is 7.53. The molecule has 1 aromatic carbocycles. The number of carbonyl (C=O) groups excluding carboxylic acids is 1. The predicted molar refractivity (Wildman–Crippen MR) is 81.2 cm³/mol. The summed E-state index contributed by atoms with van der Waals surface area (Å²) in [5.41, 5.74) is 1.06. The maximum absolute atomic E-state index is 11.9. The average molecular weight is 287 g/mol.